The van der Waals surface area contributed by atoms with Crippen molar-refractivity contribution in [1.29, 1.82) is 0 Å². The molecule has 1 N–H and O–H groups in total. The molecule has 2 atom stereocenters. The molecule has 2 aromatic rings. The Labute approximate surface area is 124 Å². The van der Waals surface area contributed by atoms with Crippen LogP contribution in [0.3, 0.4) is 0 Å². The first-order valence-corrected chi connectivity index (χ1v) is 8.20. The number of halogens is 1. The lowest BCUT2D eigenvalue weighted by Crippen LogP contribution is -2.31. The smallest absolute Gasteiger partial charge is 0.244 e. The second-order valence-corrected chi connectivity index (χ2v) is 7.33. The van der Waals surface area contributed by atoms with Crippen LogP contribution >= 0.6 is 27.3 Å². The Kier molecular flexibility index (Phi) is 4.00. The molecule has 0 saturated carbocycles. The first kappa shape index (κ1) is 13.3. The molecule has 1 saturated heterocycles. The van der Waals surface area contributed by atoms with Crippen LogP contribution in [0.15, 0.2) is 20.4 Å². The van der Waals surface area contributed by atoms with Crippen LogP contribution in [0.4, 0.5) is 0 Å². The van der Waals surface area contributed by atoms with Crippen molar-refractivity contribution < 1.29 is 4.52 Å². The predicted molar refractivity (Wildman–Crippen MR) is 79.1 cm³/mol. The summed E-state index contributed by atoms with van der Waals surface area (Å²) >= 11 is 5.07. The van der Waals surface area contributed by atoms with E-state index in [-0.39, 0.29) is 6.04 Å². The molecule has 0 aromatic carbocycles. The summed E-state index contributed by atoms with van der Waals surface area (Å²) in [5.74, 6) is 2.17. The monoisotopic (exact) mass is 341 g/mol. The average Bonchev–Trinajstić information content (AvgIpc) is 3.07. The van der Waals surface area contributed by atoms with E-state index in [4.69, 9.17) is 4.52 Å². The fourth-order valence-corrected chi connectivity index (χ4v) is 3.78. The summed E-state index contributed by atoms with van der Waals surface area (Å²) in [5.41, 5.74) is 0. The van der Waals surface area contributed by atoms with Gasteiger partial charge >= 0.3 is 0 Å². The summed E-state index contributed by atoms with van der Waals surface area (Å²) in [7, 11) is 0. The Morgan fingerprint density at radius 1 is 1.53 bits per heavy atom. The van der Waals surface area contributed by atoms with Gasteiger partial charge < -0.3 is 9.84 Å². The van der Waals surface area contributed by atoms with E-state index in [1.165, 1.54) is 12.8 Å². The molecule has 2 aromatic heterocycles. The molecule has 19 heavy (non-hydrogen) atoms. The molecule has 0 aliphatic carbocycles. The van der Waals surface area contributed by atoms with Crippen molar-refractivity contribution in [3.05, 3.63) is 21.8 Å². The Balaban J connectivity index is 1.77. The van der Waals surface area contributed by atoms with E-state index < -0.39 is 0 Å². The van der Waals surface area contributed by atoms with Gasteiger partial charge in [0.15, 0.2) is 0 Å². The molecule has 3 heterocycles. The van der Waals surface area contributed by atoms with E-state index in [1.807, 2.05) is 12.1 Å². The molecule has 4 nitrogen and oxygen atoms in total. The first-order valence-electron chi connectivity index (χ1n) is 6.59. The highest BCUT2D eigenvalue weighted by Crippen LogP contribution is 2.32. The van der Waals surface area contributed by atoms with Gasteiger partial charge in [-0.25, -0.2) is 0 Å². The first-order chi connectivity index (χ1) is 9.26. The van der Waals surface area contributed by atoms with Gasteiger partial charge in [-0.15, -0.1) is 11.3 Å². The minimum Gasteiger partial charge on any atom is -0.337 e. The number of piperidine rings is 1. The van der Waals surface area contributed by atoms with Crippen LogP contribution in [0.5, 0.6) is 0 Å². The standard InChI is InChI=1S/C13H16BrN3OS/c1-2-8-5-6-15-9(7-8)13-16-12(17-18-13)10-3-4-11(14)19-10/h3-4,8-9,15H,2,5-7H2,1H3. The van der Waals surface area contributed by atoms with Crippen molar-refractivity contribution in [2.45, 2.75) is 32.2 Å². The molecule has 0 radical (unpaired) electrons. The fraction of sp³-hybridized carbons (Fsp3) is 0.538. The lowest BCUT2D eigenvalue weighted by molar-refractivity contribution is 0.246. The van der Waals surface area contributed by atoms with Gasteiger partial charge in [0.05, 0.1) is 14.7 Å². The van der Waals surface area contributed by atoms with E-state index in [1.54, 1.807) is 11.3 Å². The van der Waals surface area contributed by atoms with Crippen LogP contribution in [0, 0.1) is 5.92 Å². The van der Waals surface area contributed by atoms with Gasteiger partial charge in [-0.3, -0.25) is 0 Å². The summed E-state index contributed by atoms with van der Waals surface area (Å²) in [5, 5.41) is 7.56. The molecule has 6 heteroatoms. The van der Waals surface area contributed by atoms with Gasteiger partial charge in [0, 0.05) is 0 Å². The van der Waals surface area contributed by atoms with E-state index in [9.17, 15) is 0 Å². The molecule has 0 spiro atoms. The molecule has 0 amide bonds. The summed E-state index contributed by atoms with van der Waals surface area (Å²) in [6.45, 7) is 3.28. The second-order valence-electron chi connectivity index (χ2n) is 4.87. The molecule has 102 valence electrons. The number of hydrogen-bond donors (Lipinski definition) is 1. The molecule has 3 rings (SSSR count). The van der Waals surface area contributed by atoms with E-state index in [0.717, 1.165) is 33.4 Å². The highest BCUT2D eigenvalue weighted by molar-refractivity contribution is 9.11. The van der Waals surface area contributed by atoms with Crippen LogP contribution in [-0.2, 0) is 0 Å². The van der Waals surface area contributed by atoms with E-state index >= 15 is 0 Å². The van der Waals surface area contributed by atoms with Gasteiger partial charge in [0.25, 0.3) is 0 Å². The summed E-state index contributed by atoms with van der Waals surface area (Å²) in [4.78, 5) is 5.57. The van der Waals surface area contributed by atoms with Crippen molar-refractivity contribution in [3.8, 4) is 10.7 Å². The van der Waals surface area contributed by atoms with Gasteiger partial charge in [-0.2, -0.15) is 4.98 Å². The van der Waals surface area contributed by atoms with Gasteiger partial charge in [-0.1, -0.05) is 18.5 Å². The van der Waals surface area contributed by atoms with E-state index in [0.29, 0.717) is 5.82 Å². The van der Waals surface area contributed by atoms with Crippen molar-refractivity contribution in [2.75, 3.05) is 6.54 Å². The van der Waals surface area contributed by atoms with Crippen LogP contribution in [0.2, 0.25) is 0 Å². The SMILES string of the molecule is CCC1CCNC(c2nc(-c3ccc(Br)s3)no2)C1. The summed E-state index contributed by atoms with van der Waals surface area (Å²) < 4.78 is 6.51. The average molecular weight is 342 g/mol. The fourth-order valence-electron chi connectivity index (χ4n) is 2.47. The highest BCUT2D eigenvalue weighted by Gasteiger charge is 2.26. The molecule has 1 fully saturated rings. The lowest BCUT2D eigenvalue weighted by Gasteiger charge is -2.27. The maximum absolute atomic E-state index is 5.43. The number of rotatable bonds is 3. The third-order valence-electron chi connectivity index (χ3n) is 3.62. The Hall–Kier alpha value is -0.720. The lowest BCUT2D eigenvalue weighted by atomic mass is 9.90. The largest absolute Gasteiger partial charge is 0.337 e. The molecular formula is C13H16BrN3OS. The van der Waals surface area contributed by atoms with Crippen LogP contribution in [0.25, 0.3) is 10.7 Å². The Bertz CT molecular complexity index is 554. The maximum Gasteiger partial charge on any atom is 0.244 e. The van der Waals surface area contributed by atoms with Gasteiger partial charge in [0.2, 0.25) is 11.7 Å². The van der Waals surface area contributed by atoms with Crippen molar-refractivity contribution >= 4 is 27.3 Å². The second kappa shape index (κ2) is 5.73. The normalized spacial score (nSPS) is 23.7. The zero-order valence-corrected chi connectivity index (χ0v) is 13.1. The minimum atomic E-state index is 0.211. The summed E-state index contributed by atoms with van der Waals surface area (Å²) in [6.07, 6.45) is 3.55. The predicted octanol–water partition coefficient (Wildman–Crippen LogP) is 4.01. The molecule has 1 aliphatic heterocycles. The molecule has 0 bridgehead atoms. The van der Waals surface area contributed by atoms with E-state index in [2.05, 4.69) is 38.3 Å². The Morgan fingerprint density at radius 2 is 2.42 bits per heavy atom. The number of nitrogens with one attached hydrogen (secondary N) is 1. The maximum atomic E-state index is 5.43. The quantitative estimate of drug-likeness (QED) is 0.916. The van der Waals surface area contributed by atoms with Crippen LogP contribution < -0.4 is 5.32 Å². The highest BCUT2D eigenvalue weighted by atomic mass is 79.9. The zero-order valence-electron chi connectivity index (χ0n) is 10.7. The van der Waals surface area contributed by atoms with Crippen molar-refractivity contribution in [1.82, 2.24) is 15.5 Å². The summed E-state index contributed by atoms with van der Waals surface area (Å²) in [6, 6.07) is 4.22. The van der Waals surface area contributed by atoms with Crippen molar-refractivity contribution in [2.24, 2.45) is 5.92 Å². The minimum absolute atomic E-state index is 0.211. The van der Waals surface area contributed by atoms with Gasteiger partial charge in [-0.05, 0) is 53.4 Å². The third-order valence-corrected chi connectivity index (χ3v) is 5.24. The van der Waals surface area contributed by atoms with Crippen LogP contribution in [-0.4, -0.2) is 16.7 Å². The van der Waals surface area contributed by atoms with Crippen molar-refractivity contribution in [3.63, 3.8) is 0 Å². The number of hydrogen-bond acceptors (Lipinski definition) is 5. The number of nitrogens with zero attached hydrogens (tertiary/aromatic N) is 2. The molecule has 1 aliphatic rings. The zero-order chi connectivity index (χ0) is 13.2. The number of thiophene rings is 1. The molecular weight excluding hydrogens is 326 g/mol. The topological polar surface area (TPSA) is 51.0 Å². The van der Waals surface area contributed by atoms with Crippen LogP contribution in [0.1, 0.15) is 38.1 Å². The Morgan fingerprint density at radius 3 is 3.16 bits per heavy atom. The van der Waals surface area contributed by atoms with Gasteiger partial charge in [0.1, 0.15) is 0 Å². The third kappa shape index (κ3) is 2.90. The number of aromatic nitrogens is 2. The molecule has 2 unspecified atom stereocenters.